The van der Waals surface area contributed by atoms with Crippen molar-refractivity contribution in [1.82, 2.24) is 10.2 Å². The van der Waals surface area contributed by atoms with Crippen LogP contribution < -0.4 is 21.7 Å². The lowest BCUT2D eigenvalue weighted by molar-refractivity contribution is -0.130. The van der Waals surface area contributed by atoms with Gasteiger partial charge in [-0.15, -0.1) is 0 Å². The molecule has 1 saturated heterocycles. The summed E-state index contributed by atoms with van der Waals surface area (Å²) >= 11 is 0. The molecule has 1 saturated carbocycles. The van der Waals surface area contributed by atoms with Crippen molar-refractivity contribution in [3.8, 4) is 0 Å². The van der Waals surface area contributed by atoms with Crippen molar-refractivity contribution in [2.45, 2.75) is 44.2 Å². The minimum Gasteiger partial charge on any atom is -0.397 e. The number of nitrogens with one attached hydrogen (secondary N) is 1. The first-order valence-corrected chi connectivity index (χ1v) is 11.5. The molecule has 0 atom stereocenters. The number of benzene rings is 2. The van der Waals surface area contributed by atoms with Crippen LogP contribution >= 0.6 is 0 Å². The van der Waals surface area contributed by atoms with Gasteiger partial charge in [0.15, 0.2) is 0 Å². The molecule has 4 rings (SSSR count). The van der Waals surface area contributed by atoms with Crippen molar-refractivity contribution in [2.75, 3.05) is 36.8 Å². The van der Waals surface area contributed by atoms with Crippen LogP contribution in [0, 0.1) is 0 Å². The first kappa shape index (κ1) is 22.1. The molecule has 0 aromatic heterocycles. The molecule has 170 valence electrons. The molecular formula is C25H33N5O2. The van der Waals surface area contributed by atoms with Crippen molar-refractivity contribution >= 4 is 23.2 Å². The first-order chi connectivity index (χ1) is 15.5. The van der Waals surface area contributed by atoms with E-state index in [0.29, 0.717) is 30.8 Å². The van der Waals surface area contributed by atoms with Gasteiger partial charge in [-0.2, -0.15) is 0 Å². The zero-order chi connectivity index (χ0) is 22.5. The number of nitrogen functional groups attached to an aromatic ring is 1. The van der Waals surface area contributed by atoms with Crippen LogP contribution in [0.4, 0.5) is 11.4 Å². The van der Waals surface area contributed by atoms with Crippen LogP contribution in [-0.4, -0.2) is 55.0 Å². The molecule has 1 heterocycles. The van der Waals surface area contributed by atoms with Gasteiger partial charge in [-0.05, 0) is 49.4 Å². The minimum atomic E-state index is -0.0833. The normalized spacial score (nSPS) is 21.3. The lowest BCUT2D eigenvalue weighted by Gasteiger charge is -2.36. The van der Waals surface area contributed by atoms with Gasteiger partial charge in [0.1, 0.15) is 0 Å². The summed E-state index contributed by atoms with van der Waals surface area (Å²) in [6.07, 6.45) is 4.18. The second-order valence-electron chi connectivity index (χ2n) is 8.89. The van der Waals surface area contributed by atoms with Gasteiger partial charge >= 0.3 is 0 Å². The van der Waals surface area contributed by atoms with E-state index in [4.69, 9.17) is 11.5 Å². The highest BCUT2D eigenvalue weighted by atomic mass is 16.2. The van der Waals surface area contributed by atoms with Gasteiger partial charge in [-0.3, -0.25) is 9.59 Å². The third-order valence-corrected chi connectivity index (χ3v) is 6.57. The third kappa shape index (κ3) is 5.40. The Morgan fingerprint density at radius 1 is 0.938 bits per heavy atom. The molecule has 7 nitrogen and oxygen atoms in total. The summed E-state index contributed by atoms with van der Waals surface area (Å²) in [5.74, 6) is 0.0690. The molecule has 7 heteroatoms. The Morgan fingerprint density at radius 3 is 2.28 bits per heavy atom. The van der Waals surface area contributed by atoms with Gasteiger partial charge in [0.2, 0.25) is 5.91 Å². The Kier molecular flexibility index (Phi) is 6.95. The fourth-order valence-corrected chi connectivity index (χ4v) is 4.60. The van der Waals surface area contributed by atoms with Gasteiger partial charge in [0, 0.05) is 43.8 Å². The van der Waals surface area contributed by atoms with Crippen molar-refractivity contribution in [1.29, 1.82) is 0 Å². The van der Waals surface area contributed by atoms with Gasteiger partial charge in [-0.25, -0.2) is 0 Å². The van der Waals surface area contributed by atoms with Gasteiger partial charge < -0.3 is 26.6 Å². The Labute approximate surface area is 189 Å². The Balaban J connectivity index is 1.31. The van der Waals surface area contributed by atoms with Gasteiger partial charge in [-0.1, -0.05) is 30.3 Å². The number of rotatable bonds is 5. The molecule has 2 aliphatic rings. The largest absolute Gasteiger partial charge is 0.397 e. The standard InChI is InChI=1S/C25H33N5O2/c26-20-7-9-21(10-8-20)28-25(32)19-6-11-23(22(27)17-19)29-12-14-30(15-13-29)24(31)16-18-4-2-1-3-5-18/h1-6,11,17,20-21H,7-10,12-16,26-27H2,(H,28,32). The lowest BCUT2D eigenvalue weighted by Crippen LogP contribution is -2.49. The maximum Gasteiger partial charge on any atom is 0.251 e. The molecule has 2 aromatic rings. The van der Waals surface area contributed by atoms with E-state index >= 15 is 0 Å². The molecular weight excluding hydrogens is 402 g/mol. The second kappa shape index (κ2) is 10.0. The van der Waals surface area contributed by atoms with E-state index in [1.54, 1.807) is 6.07 Å². The number of piperazine rings is 1. The molecule has 5 N–H and O–H groups in total. The van der Waals surface area contributed by atoms with Crippen LogP contribution in [-0.2, 0) is 11.2 Å². The summed E-state index contributed by atoms with van der Waals surface area (Å²) < 4.78 is 0. The monoisotopic (exact) mass is 435 g/mol. The fraction of sp³-hybridized carbons (Fsp3) is 0.440. The lowest BCUT2D eigenvalue weighted by atomic mass is 9.91. The average Bonchev–Trinajstić information content (AvgIpc) is 2.81. The van der Waals surface area contributed by atoms with Crippen LogP contribution in [0.2, 0.25) is 0 Å². The number of anilines is 2. The molecule has 2 amide bonds. The molecule has 1 aliphatic carbocycles. The summed E-state index contributed by atoms with van der Waals surface area (Å²) in [6, 6.07) is 15.8. The van der Waals surface area contributed by atoms with E-state index < -0.39 is 0 Å². The predicted octanol–water partition coefficient (Wildman–Crippen LogP) is 2.16. The summed E-state index contributed by atoms with van der Waals surface area (Å²) in [5, 5.41) is 3.11. The zero-order valence-corrected chi connectivity index (χ0v) is 18.5. The van der Waals surface area contributed by atoms with Gasteiger partial charge in [0.25, 0.3) is 5.91 Å². The maximum absolute atomic E-state index is 12.6. The number of nitrogens with two attached hydrogens (primary N) is 2. The van der Waals surface area contributed by atoms with E-state index in [-0.39, 0.29) is 23.9 Å². The van der Waals surface area contributed by atoms with Gasteiger partial charge in [0.05, 0.1) is 17.8 Å². The highest BCUT2D eigenvalue weighted by Crippen LogP contribution is 2.26. The van der Waals surface area contributed by atoms with Crippen LogP contribution in [0.5, 0.6) is 0 Å². The van der Waals surface area contributed by atoms with E-state index in [1.807, 2.05) is 47.4 Å². The molecule has 0 bridgehead atoms. The number of hydrogen-bond donors (Lipinski definition) is 3. The van der Waals surface area contributed by atoms with E-state index in [9.17, 15) is 9.59 Å². The van der Waals surface area contributed by atoms with Crippen molar-refractivity contribution in [3.05, 3.63) is 59.7 Å². The Bertz CT molecular complexity index is 933. The quantitative estimate of drug-likeness (QED) is 0.625. The van der Waals surface area contributed by atoms with Crippen molar-refractivity contribution in [3.63, 3.8) is 0 Å². The van der Waals surface area contributed by atoms with Crippen LogP contribution in [0.15, 0.2) is 48.5 Å². The molecule has 2 aromatic carbocycles. The molecule has 0 radical (unpaired) electrons. The summed E-state index contributed by atoms with van der Waals surface area (Å²) in [5.41, 5.74) is 15.4. The molecule has 2 fully saturated rings. The topological polar surface area (TPSA) is 105 Å². The Hall–Kier alpha value is -3.06. The van der Waals surface area contributed by atoms with Crippen LogP contribution in [0.25, 0.3) is 0 Å². The highest BCUT2D eigenvalue weighted by Gasteiger charge is 2.24. The minimum absolute atomic E-state index is 0.0833. The number of carbonyl (C=O) groups is 2. The number of nitrogens with zero attached hydrogens (tertiary/aromatic N) is 2. The van der Waals surface area contributed by atoms with Crippen LogP contribution in [0.3, 0.4) is 0 Å². The van der Waals surface area contributed by atoms with E-state index in [1.165, 1.54) is 0 Å². The number of hydrogen-bond acceptors (Lipinski definition) is 5. The predicted molar refractivity (Wildman–Crippen MR) is 127 cm³/mol. The van der Waals surface area contributed by atoms with Crippen molar-refractivity contribution < 1.29 is 9.59 Å². The van der Waals surface area contributed by atoms with E-state index in [2.05, 4.69) is 10.2 Å². The smallest absolute Gasteiger partial charge is 0.251 e. The number of carbonyl (C=O) groups excluding carboxylic acids is 2. The zero-order valence-electron chi connectivity index (χ0n) is 18.5. The average molecular weight is 436 g/mol. The summed E-state index contributed by atoms with van der Waals surface area (Å²) in [7, 11) is 0. The first-order valence-electron chi connectivity index (χ1n) is 11.5. The maximum atomic E-state index is 12.6. The molecule has 0 spiro atoms. The summed E-state index contributed by atoms with van der Waals surface area (Å²) in [4.78, 5) is 29.4. The Morgan fingerprint density at radius 2 is 1.62 bits per heavy atom. The SMILES string of the molecule is Nc1cc(C(=O)NC2CCC(N)CC2)ccc1N1CCN(C(=O)Cc2ccccc2)CC1. The third-order valence-electron chi connectivity index (χ3n) is 6.57. The fourth-order valence-electron chi connectivity index (χ4n) is 4.60. The molecule has 32 heavy (non-hydrogen) atoms. The molecule has 0 unspecified atom stereocenters. The van der Waals surface area contributed by atoms with Crippen LogP contribution in [0.1, 0.15) is 41.6 Å². The second-order valence-corrected chi connectivity index (χ2v) is 8.89. The van der Waals surface area contributed by atoms with Crippen molar-refractivity contribution in [2.24, 2.45) is 5.73 Å². The highest BCUT2D eigenvalue weighted by molar-refractivity contribution is 5.96. The molecule has 1 aliphatic heterocycles. The summed E-state index contributed by atoms with van der Waals surface area (Å²) in [6.45, 7) is 2.77. The number of amides is 2. The van der Waals surface area contributed by atoms with E-state index in [0.717, 1.165) is 50.0 Å².